The van der Waals surface area contributed by atoms with Crippen LogP contribution in [0.2, 0.25) is 0 Å². The van der Waals surface area contributed by atoms with Gasteiger partial charge in [-0.2, -0.15) is 4.31 Å². The Labute approximate surface area is 159 Å². The summed E-state index contributed by atoms with van der Waals surface area (Å²) in [4.78, 5) is 0.295. The molecule has 3 aromatic rings. The number of hydrogen-bond donors (Lipinski definition) is 1. The summed E-state index contributed by atoms with van der Waals surface area (Å²) in [6, 6.07) is 18.4. The number of fused-ring (bicyclic) bond motifs is 1. The predicted octanol–water partition coefficient (Wildman–Crippen LogP) is 4.38. The number of phenols is 1. The number of sulfonamides is 1. The van der Waals surface area contributed by atoms with Gasteiger partial charge in [-0.3, -0.25) is 0 Å². The maximum atomic E-state index is 13.1. The van der Waals surface area contributed by atoms with Gasteiger partial charge in [0.15, 0.2) is 0 Å². The molecule has 0 atom stereocenters. The molecular formula is C22H21NO3S. The van der Waals surface area contributed by atoms with Gasteiger partial charge in [-0.15, -0.1) is 0 Å². The quantitative estimate of drug-likeness (QED) is 0.735. The molecule has 0 saturated heterocycles. The number of aryl methyl sites for hydroxylation is 2. The minimum Gasteiger partial charge on any atom is -0.507 e. The van der Waals surface area contributed by atoms with E-state index in [0.29, 0.717) is 11.4 Å². The van der Waals surface area contributed by atoms with Crippen LogP contribution in [0.15, 0.2) is 65.6 Å². The summed E-state index contributed by atoms with van der Waals surface area (Å²) in [5, 5.41) is 10.7. The highest BCUT2D eigenvalue weighted by atomic mass is 32.2. The zero-order chi connectivity index (χ0) is 19.2. The standard InChI is InChI=1S/C22H21NO3S/c1-15-8-10-19(11-9-15)27(25,26)23-13-18-12-16(2)22(24)21(20(18)14-23)17-6-4-3-5-7-17/h3-12,24H,13-14H2,1-2H3. The van der Waals surface area contributed by atoms with Crippen molar-refractivity contribution in [2.24, 2.45) is 0 Å². The largest absolute Gasteiger partial charge is 0.507 e. The van der Waals surface area contributed by atoms with E-state index in [-0.39, 0.29) is 12.3 Å². The Morgan fingerprint density at radius 1 is 0.926 bits per heavy atom. The molecular weight excluding hydrogens is 358 g/mol. The van der Waals surface area contributed by atoms with Gasteiger partial charge in [-0.05, 0) is 48.2 Å². The van der Waals surface area contributed by atoms with E-state index in [1.165, 1.54) is 4.31 Å². The Hall–Kier alpha value is -2.63. The van der Waals surface area contributed by atoms with Gasteiger partial charge >= 0.3 is 0 Å². The lowest BCUT2D eigenvalue weighted by atomic mass is 9.93. The smallest absolute Gasteiger partial charge is 0.243 e. The molecule has 27 heavy (non-hydrogen) atoms. The number of hydrogen-bond acceptors (Lipinski definition) is 3. The number of phenolic OH excluding ortho intramolecular Hbond substituents is 1. The molecule has 0 bridgehead atoms. The second kappa shape index (κ2) is 6.51. The Balaban J connectivity index is 1.79. The van der Waals surface area contributed by atoms with Crippen molar-refractivity contribution in [1.29, 1.82) is 0 Å². The Morgan fingerprint density at radius 2 is 1.59 bits per heavy atom. The summed E-state index contributed by atoms with van der Waals surface area (Å²) in [5.74, 6) is 0.217. The molecule has 1 aliphatic rings. The summed E-state index contributed by atoms with van der Waals surface area (Å²) in [6.07, 6.45) is 0. The van der Waals surface area contributed by atoms with Gasteiger partial charge in [-0.1, -0.05) is 54.1 Å². The third kappa shape index (κ3) is 3.03. The Morgan fingerprint density at radius 3 is 2.26 bits per heavy atom. The molecule has 0 saturated carbocycles. The van der Waals surface area contributed by atoms with E-state index in [0.717, 1.165) is 33.4 Å². The van der Waals surface area contributed by atoms with E-state index < -0.39 is 10.0 Å². The zero-order valence-electron chi connectivity index (χ0n) is 15.3. The van der Waals surface area contributed by atoms with Crippen LogP contribution in [0.3, 0.4) is 0 Å². The van der Waals surface area contributed by atoms with Crippen molar-refractivity contribution >= 4 is 10.0 Å². The van der Waals surface area contributed by atoms with Gasteiger partial charge in [0.2, 0.25) is 10.0 Å². The van der Waals surface area contributed by atoms with Crippen LogP contribution >= 0.6 is 0 Å². The molecule has 3 aromatic carbocycles. The van der Waals surface area contributed by atoms with Crippen LogP contribution in [-0.2, 0) is 23.1 Å². The summed E-state index contributed by atoms with van der Waals surface area (Å²) >= 11 is 0. The van der Waals surface area contributed by atoms with E-state index in [1.54, 1.807) is 12.1 Å². The third-order valence-corrected chi connectivity index (χ3v) is 6.90. The number of aromatic hydroxyl groups is 1. The van der Waals surface area contributed by atoms with Gasteiger partial charge < -0.3 is 5.11 Å². The molecule has 0 amide bonds. The maximum absolute atomic E-state index is 13.1. The number of benzene rings is 3. The van der Waals surface area contributed by atoms with Crippen molar-refractivity contribution in [2.75, 3.05) is 0 Å². The monoisotopic (exact) mass is 379 g/mol. The van der Waals surface area contributed by atoms with Gasteiger partial charge in [0.05, 0.1) is 4.90 Å². The summed E-state index contributed by atoms with van der Waals surface area (Å²) in [6.45, 7) is 4.34. The summed E-state index contributed by atoms with van der Waals surface area (Å²) in [5.41, 5.74) is 5.21. The van der Waals surface area contributed by atoms with Gasteiger partial charge in [0, 0.05) is 18.7 Å². The number of nitrogens with zero attached hydrogens (tertiary/aromatic N) is 1. The number of rotatable bonds is 3. The van der Waals surface area contributed by atoms with Crippen LogP contribution in [0.1, 0.15) is 22.3 Å². The van der Waals surface area contributed by atoms with Gasteiger partial charge in [0.1, 0.15) is 5.75 Å². The fourth-order valence-electron chi connectivity index (χ4n) is 3.61. The fourth-order valence-corrected chi connectivity index (χ4v) is 4.99. The highest BCUT2D eigenvalue weighted by molar-refractivity contribution is 7.89. The van der Waals surface area contributed by atoms with E-state index in [1.807, 2.05) is 62.4 Å². The SMILES string of the molecule is Cc1ccc(S(=O)(=O)N2Cc3cc(C)c(O)c(-c4ccccc4)c3C2)cc1. The lowest BCUT2D eigenvalue weighted by molar-refractivity contribution is 0.431. The van der Waals surface area contributed by atoms with Crippen molar-refractivity contribution in [3.63, 3.8) is 0 Å². The van der Waals surface area contributed by atoms with Crippen molar-refractivity contribution in [1.82, 2.24) is 4.31 Å². The third-order valence-electron chi connectivity index (χ3n) is 5.09. The van der Waals surface area contributed by atoms with Crippen molar-refractivity contribution in [3.05, 3.63) is 82.9 Å². The summed E-state index contributed by atoms with van der Waals surface area (Å²) < 4.78 is 27.7. The molecule has 4 nitrogen and oxygen atoms in total. The Kier molecular flexibility index (Phi) is 4.29. The highest BCUT2D eigenvalue weighted by Gasteiger charge is 2.33. The zero-order valence-corrected chi connectivity index (χ0v) is 16.1. The first-order valence-electron chi connectivity index (χ1n) is 8.84. The maximum Gasteiger partial charge on any atom is 0.243 e. The molecule has 0 aromatic heterocycles. The Bertz CT molecular complexity index is 1100. The molecule has 0 unspecified atom stereocenters. The molecule has 0 aliphatic carbocycles. The first-order valence-corrected chi connectivity index (χ1v) is 10.3. The van der Waals surface area contributed by atoms with Crippen LogP contribution in [0.25, 0.3) is 11.1 Å². The van der Waals surface area contributed by atoms with E-state index in [9.17, 15) is 13.5 Å². The van der Waals surface area contributed by atoms with Crippen LogP contribution in [0.5, 0.6) is 5.75 Å². The first-order chi connectivity index (χ1) is 12.9. The second-order valence-corrected chi connectivity index (χ2v) is 8.94. The topological polar surface area (TPSA) is 57.6 Å². The van der Waals surface area contributed by atoms with E-state index in [4.69, 9.17) is 0 Å². The van der Waals surface area contributed by atoms with Crippen LogP contribution in [0, 0.1) is 13.8 Å². The first kappa shape index (κ1) is 17.8. The molecule has 0 spiro atoms. The van der Waals surface area contributed by atoms with Crippen molar-refractivity contribution in [3.8, 4) is 16.9 Å². The minimum atomic E-state index is -3.60. The lowest BCUT2D eigenvalue weighted by Gasteiger charge is -2.16. The highest BCUT2D eigenvalue weighted by Crippen LogP contribution is 2.42. The van der Waals surface area contributed by atoms with E-state index in [2.05, 4.69) is 0 Å². The summed E-state index contributed by atoms with van der Waals surface area (Å²) in [7, 11) is -3.60. The molecule has 0 fully saturated rings. The van der Waals surface area contributed by atoms with Crippen LogP contribution < -0.4 is 0 Å². The molecule has 1 N–H and O–H groups in total. The van der Waals surface area contributed by atoms with Crippen LogP contribution in [-0.4, -0.2) is 17.8 Å². The average molecular weight is 379 g/mol. The molecule has 5 heteroatoms. The van der Waals surface area contributed by atoms with Crippen molar-refractivity contribution in [2.45, 2.75) is 31.8 Å². The predicted molar refractivity (Wildman–Crippen MR) is 106 cm³/mol. The molecule has 1 aliphatic heterocycles. The molecule has 4 rings (SSSR count). The van der Waals surface area contributed by atoms with Gasteiger partial charge in [0.25, 0.3) is 0 Å². The normalized spacial score (nSPS) is 14.3. The van der Waals surface area contributed by atoms with Crippen LogP contribution in [0.4, 0.5) is 0 Å². The molecule has 1 heterocycles. The van der Waals surface area contributed by atoms with E-state index >= 15 is 0 Å². The van der Waals surface area contributed by atoms with Gasteiger partial charge in [-0.25, -0.2) is 8.42 Å². The minimum absolute atomic E-state index is 0.217. The molecule has 138 valence electrons. The second-order valence-electron chi connectivity index (χ2n) is 7.01. The average Bonchev–Trinajstić information content (AvgIpc) is 3.08. The lowest BCUT2D eigenvalue weighted by Crippen LogP contribution is -2.25. The fraction of sp³-hybridized carbons (Fsp3) is 0.182. The van der Waals surface area contributed by atoms with Crippen molar-refractivity contribution < 1.29 is 13.5 Å². The molecule has 0 radical (unpaired) electrons.